The summed E-state index contributed by atoms with van der Waals surface area (Å²) in [7, 11) is 4.03. The summed E-state index contributed by atoms with van der Waals surface area (Å²) in [4.78, 5) is 27.8. The van der Waals surface area contributed by atoms with Gasteiger partial charge in [-0.3, -0.25) is 0 Å². The first-order valence-corrected chi connectivity index (χ1v) is 10.5. The van der Waals surface area contributed by atoms with Crippen LogP contribution in [0.15, 0.2) is 30.6 Å². The molecule has 0 unspecified atom stereocenters. The van der Waals surface area contributed by atoms with Crippen molar-refractivity contribution in [2.24, 2.45) is 5.41 Å². The first kappa shape index (κ1) is 21.1. The summed E-state index contributed by atoms with van der Waals surface area (Å²) in [6, 6.07) is 6.11. The fourth-order valence-electron chi connectivity index (χ4n) is 3.87. The highest BCUT2D eigenvalue weighted by atomic mass is 16.5. The van der Waals surface area contributed by atoms with Crippen molar-refractivity contribution in [3.8, 4) is 17.0 Å². The number of aromatic nitrogens is 3. The largest absolute Gasteiger partial charge is 0.492 e. The van der Waals surface area contributed by atoms with E-state index in [4.69, 9.17) is 4.74 Å². The molecule has 1 aliphatic heterocycles. The second-order valence-corrected chi connectivity index (χ2v) is 9.16. The van der Waals surface area contributed by atoms with Crippen LogP contribution in [0.3, 0.4) is 0 Å². The molecule has 0 atom stereocenters. The van der Waals surface area contributed by atoms with E-state index < -0.39 is 5.97 Å². The minimum atomic E-state index is -1.03. The zero-order chi connectivity index (χ0) is 22.2. The summed E-state index contributed by atoms with van der Waals surface area (Å²) in [5.41, 5.74) is 3.75. The van der Waals surface area contributed by atoms with Gasteiger partial charge >= 0.3 is 5.97 Å². The Bertz CT molecular complexity index is 1110. The first-order chi connectivity index (χ1) is 14.7. The standard InChI is InChI=1S/C23H29N5O3/c1-23(2)5-6-28(14-23)16-9-15(10-17(11-16)31-8-7-27(3)4)19-13-25-21-20(26-19)18(12-24-21)22(29)30/h9-13H,5-8,14H2,1-4H3,(H,24,25)(H,29,30). The van der Waals surface area contributed by atoms with Gasteiger partial charge in [0.2, 0.25) is 0 Å². The number of benzene rings is 1. The van der Waals surface area contributed by atoms with Crippen LogP contribution in [0.2, 0.25) is 0 Å². The quantitative estimate of drug-likeness (QED) is 0.601. The molecule has 0 aliphatic carbocycles. The molecule has 0 bridgehead atoms. The highest BCUT2D eigenvalue weighted by molar-refractivity contribution is 6.00. The Kier molecular flexibility index (Phi) is 5.58. The van der Waals surface area contributed by atoms with Crippen LogP contribution in [0.1, 0.15) is 30.6 Å². The molecule has 0 amide bonds. The molecule has 31 heavy (non-hydrogen) atoms. The first-order valence-electron chi connectivity index (χ1n) is 10.5. The minimum Gasteiger partial charge on any atom is -0.492 e. The van der Waals surface area contributed by atoms with E-state index in [0.29, 0.717) is 23.5 Å². The topological polar surface area (TPSA) is 94.6 Å². The molecule has 3 aromatic rings. The Morgan fingerprint density at radius 3 is 2.81 bits per heavy atom. The van der Waals surface area contributed by atoms with E-state index in [1.54, 1.807) is 6.20 Å². The molecule has 0 spiro atoms. The molecule has 1 saturated heterocycles. The zero-order valence-corrected chi connectivity index (χ0v) is 18.5. The van der Waals surface area contributed by atoms with Crippen molar-refractivity contribution in [2.45, 2.75) is 20.3 Å². The number of hydrogen-bond donors (Lipinski definition) is 2. The smallest absolute Gasteiger partial charge is 0.339 e. The van der Waals surface area contributed by atoms with Crippen LogP contribution in [0.5, 0.6) is 5.75 Å². The van der Waals surface area contributed by atoms with E-state index in [-0.39, 0.29) is 11.0 Å². The van der Waals surface area contributed by atoms with Crippen molar-refractivity contribution < 1.29 is 14.6 Å². The highest BCUT2D eigenvalue weighted by Gasteiger charge is 2.29. The lowest BCUT2D eigenvalue weighted by Crippen LogP contribution is -2.23. The molecule has 1 aromatic carbocycles. The Labute approximate surface area is 181 Å². The van der Waals surface area contributed by atoms with Crippen LogP contribution in [0, 0.1) is 5.41 Å². The minimum absolute atomic E-state index is 0.115. The number of carboxylic acids is 1. The molecule has 2 N–H and O–H groups in total. The number of ether oxygens (including phenoxy) is 1. The number of H-pyrrole nitrogens is 1. The molecular weight excluding hydrogens is 394 g/mol. The van der Waals surface area contributed by atoms with Crippen LogP contribution >= 0.6 is 0 Å². The van der Waals surface area contributed by atoms with Gasteiger partial charge in [0, 0.05) is 43.1 Å². The predicted octanol–water partition coefficient (Wildman–Crippen LogP) is 3.50. The van der Waals surface area contributed by atoms with E-state index in [1.165, 1.54) is 6.20 Å². The summed E-state index contributed by atoms with van der Waals surface area (Å²) in [5.74, 6) is -0.257. The summed E-state index contributed by atoms with van der Waals surface area (Å²) in [5, 5.41) is 9.44. The summed E-state index contributed by atoms with van der Waals surface area (Å²) in [6.45, 7) is 7.91. The highest BCUT2D eigenvalue weighted by Crippen LogP contribution is 2.36. The van der Waals surface area contributed by atoms with Gasteiger partial charge in [-0.05, 0) is 38.1 Å². The molecule has 2 aromatic heterocycles. The number of nitrogens with zero attached hydrogens (tertiary/aromatic N) is 4. The van der Waals surface area contributed by atoms with Gasteiger partial charge in [0.1, 0.15) is 23.4 Å². The number of likely N-dealkylation sites (N-methyl/N-ethyl adjacent to an activating group) is 1. The van der Waals surface area contributed by atoms with Crippen LogP contribution < -0.4 is 9.64 Å². The monoisotopic (exact) mass is 423 g/mol. The Hall–Kier alpha value is -3.13. The van der Waals surface area contributed by atoms with Gasteiger partial charge in [-0.15, -0.1) is 0 Å². The molecule has 1 aliphatic rings. The molecule has 1 fully saturated rings. The predicted molar refractivity (Wildman–Crippen MR) is 121 cm³/mol. The van der Waals surface area contributed by atoms with Crippen LogP contribution in [0.25, 0.3) is 22.4 Å². The average molecular weight is 424 g/mol. The van der Waals surface area contributed by atoms with Crippen LogP contribution in [-0.4, -0.2) is 71.3 Å². The maximum atomic E-state index is 11.5. The fraction of sp³-hybridized carbons (Fsp3) is 0.435. The van der Waals surface area contributed by atoms with Crippen LogP contribution in [0.4, 0.5) is 5.69 Å². The summed E-state index contributed by atoms with van der Waals surface area (Å²) >= 11 is 0. The Morgan fingerprint density at radius 1 is 1.32 bits per heavy atom. The van der Waals surface area contributed by atoms with Gasteiger partial charge in [0.25, 0.3) is 0 Å². The maximum Gasteiger partial charge on any atom is 0.339 e. The normalized spacial score (nSPS) is 15.7. The Morgan fingerprint density at radius 2 is 2.13 bits per heavy atom. The van der Waals surface area contributed by atoms with Crippen molar-refractivity contribution in [3.63, 3.8) is 0 Å². The molecule has 3 heterocycles. The number of anilines is 1. The molecule has 0 radical (unpaired) electrons. The maximum absolute atomic E-state index is 11.5. The summed E-state index contributed by atoms with van der Waals surface area (Å²) < 4.78 is 6.05. The van der Waals surface area contributed by atoms with Crippen molar-refractivity contribution in [2.75, 3.05) is 45.2 Å². The SMILES string of the molecule is CN(C)CCOc1cc(-c2cnc3[nH]cc(C(=O)O)c3n2)cc(N2CCC(C)(C)C2)c1. The van der Waals surface area contributed by atoms with Gasteiger partial charge < -0.3 is 24.6 Å². The molecule has 164 valence electrons. The molecule has 8 heteroatoms. The van der Waals surface area contributed by atoms with Gasteiger partial charge in [-0.25, -0.2) is 14.8 Å². The number of fused-ring (bicyclic) bond motifs is 1. The van der Waals surface area contributed by atoms with Gasteiger partial charge in [-0.1, -0.05) is 13.8 Å². The lowest BCUT2D eigenvalue weighted by Gasteiger charge is -2.23. The number of carboxylic acid groups (broad SMARTS) is 1. The lowest BCUT2D eigenvalue weighted by molar-refractivity contribution is 0.0699. The van der Waals surface area contributed by atoms with E-state index in [0.717, 1.165) is 43.1 Å². The number of hydrogen-bond acceptors (Lipinski definition) is 6. The van der Waals surface area contributed by atoms with Crippen LogP contribution in [-0.2, 0) is 0 Å². The van der Waals surface area contributed by atoms with Crippen molar-refractivity contribution in [3.05, 3.63) is 36.2 Å². The second kappa shape index (κ2) is 8.19. The molecular formula is C23H29N5O3. The zero-order valence-electron chi connectivity index (χ0n) is 18.5. The van der Waals surface area contributed by atoms with E-state index in [9.17, 15) is 9.90 Å². The van der Waals surface area contributed by atoms with Gasteiger partial charge in [0.05, 0.1) is 11.9 Å². The number of nitrogens with one attached hydrogen (secondary N) is 1. The molecule has 4 rings (SSSR count). The van der Waals surface area contributed by atoms with Gasteiger partial charge in [0.15, 0.2) is 5.65 Å². The molecule has 0 saturated carbocycles. The van der Waals surface area contributed by atoms with Gasteiger partial charge in [-0.2, -0.15) is 0 Å². The fourth-order valence-corrected chi connectivity index (χ4v) is 3.87. The van der Waals surface area contributed by atoms with E-state index in [2.05, 4.69) is 50.7 Å². The second-order valence-electron chi connectivity index (χ2n) is 9.16. The summed E-state index contributed by atoms with van der Waals surface area (Å²) in [6.07, 6.45) is 4.22. The van der Waals surface area contributed by atoms with Crippen molar-refractivity contribution in [1.82, 2.24) is 19.9 Å². The lowest BCUT2D eigenvalue weighted by atomic mass is 9.93. The number of aromatic carboxylic acids is 1. The number of carbonyl (C=O) groups is 1. The van der Waals surface area contributed by atoms with E-state index in [1.807, 2.05) is 20.2 Å². The third-order valence-corrected chi connectivity index (χ3v) is 5.65. The van der Waals surface area contributed by atoms with Crippen molar-refractivity contribution in [1.29, 1.82) is 0 Å². The van der Waals surface area contributed by atoms with E-state index >= 15 is 0 Å². The Balaban J connectivity index is 1.73. The average Bonchev–Trinajstić information content (AvgIpc) is 3.30. The third-order valence-electron chi connectivity index (χ3n) is 5.65. The third kappa shape index (κ3) is 4.64. The number of rotatable bonds is 7. The molecule has 8 nitrogen and oxygen atoms in total. The number of aromatic amines is 1. The van der Waals surface area contributed by atoms with Crippen molar-refractivity contribution >= 4 is 22.8 Å².